The van der Waals surface area contributed by atoms with E-state index in [1.807, 2.05) is 6.92 Å². The molecule has 0 heterocycles. The number of ether oxygens (including phenoxy) is 13. The van der Waals surface area contributed by atoms with E-state index in [1.165, 1.54) is 0 Å². The van der Waals surface area contributed by atoms with Crippen LogP contribution in [-0.4, -0.2) is 182 Å². The summed E-state index contributed by atoms with van der Waals surface area (Å²) in [5, 5.41) is 8.56. The lowest BCUT2D eigenvalue weighted by Crippen LogP contribution is -2.20. The van der Waals surface area contributed by atoms with Crippen LogP contribution in [0.2, 0.25) is 0 Å². The minimum absolute atomic E-state index is 0.0123. The van der Waals surface area contributed by atoms with Crippen LogP contribution in [0.1, 0.15) is 65.2 Å². The van der Waals surface area contributed by atoms with Crippen molar-refractivity contribution >= 4 is 17.9 Å². The quantitative estimate of drug-likeness (QED) is 0.0697. The molecule has 55 heavy (non-hydrogen) atoms. The average Bonchev–Trinajstić information content (AvgIpc) is 3.18. The zero-order valence-corrected chi connectivity index (χ0v) is 33.7. The number of aliphatic carboxylic acids is 1. The van der Waals surface area contributed by atoms with Gasteiger partial charge in [0.2, 0.25) is 0 Å². The van der Waals surface area contributed by atoms with Crippen molar-refractivity contribution in [2.24, 2.45) is 5.92 Å². The third-order valence-electron chi connectivity index (χ3n) is 7.44. The smallest absolute Gasteiger partial charge is 0.308 e. The Morgan fingerprint density at radius 2 is 0.691 bits per heavy atom. The molecule has 0 saturated carbocycles. The Morgan fingerprint density at radius 1 is 0.400 bits per heavy atom. The van der Waals surface area contributed by atoms with Crippen LogP contribution < -0.4 is 0 Å². The van der Waals surface area contributed by atoms with Crippen LogP contribution in [0.25, 0.3) is 0 Å². The van der Waals surface area contributed by atoms with Gasteiger partial charge in [0.05, 0.1) is 151 Å². The molecule has 1 atom stereocenters. The molecule has 1 unspecified atom stereocenters. The highest BCUT2D eigenvalue weighted by molar-refractivity contribution is 5.72. The third kappa shape index (κ3) is 42.9. The first-order valence-corrected chi connectivity index (χ1v) is 19.9. The summed E-state index contributed by atoms with van der Waals surface area (Å²) in [5.74, 6) is -1.36. The average molecular weight is 801 g/mol. The highest BCUT2D eigenvalue weighted by Crippen LogP contribution is 2.14. The molecular formula is C38H72O17. The monoisotopic (exact) mass is 800 g/mol. The number of hydrogen-bond donors (Lipinski definition) is 1. The van der Waals surface area contributed by atoms with Gasteiger partial charge in [-0.2, -0.15) is 0 Å². The van der Waals surface area contributed by atoms with Gasteiger partial charge in [0.1, 0.15) is 13.2 Å². The van der Waals surface area contributed by atoms with Gasteiger partial charge in [-0.15, -0.1) is 0 Å². The summed E-state index contributed by atoms with van der Waals surface area (Å²) in [7, 11) is 0. The molecule has 0 aliphatic carbocycles. The van der Waals surface area contributed by atoms with E-state index in [-0.39, 0.29) is 50.5 Å². The van der Waals surface area contributed by atoms with Gasteiger partial charge in [0.15, 0.2) is 0 Å². The molecule has 0 aromatic carbocycles. The second kappa shape index (κ2) is 44.7. The second-order valence-corrected chi connectivity index (χ2v) is 12.0. The van der Waals surface area contributed by atoms with Crippen LogP contribution in [0.5, 0.6) is 0 Å². The van der Waals surface area contributed by atoms with Crippen molar-refractivity contribution in [3.05, 3.63) is 0 Å². The molecule has 1 N–H and O–H groups in total. The number of carbonyl (C=O) groups excluding carboxylic acids is 2. The second-order valence-electron chi connectivity index (χ2n) is 12.0. The Hall–Kier alpha value is -2.03. The Labute approximate surface area is 328 Å². The molecule has 17 heteroatoms. The fourth-order valence-corrected chi connectivity index (χ4v) is 4.39. The Morgan fingerprint density at radius 3 is 0.982 bits per heavy atom. The zero-order chi connectivity index (χ0) is 40.1. The van der Waals surface area contributed by atoms with Gasteiger partial charge in [-0.25, -0.2) is 0 Å². The lowest BCUT2D eigenvalue weighted by atomic mass is 10.00. The number of rotatable bonds is 46. The van der Waals surface area contributed by atoms with Crippen LogP contribution >= 0.6 is 0 Å². The van der Waals surface area contributed by atoms with E-state index in [0.717, 1.165) is 25.7 Å². The minimum Gasteiger partial charge on any atom is -0.481 e. The molecule has 0 fully saturated rings. The Kier molecular flexibility index (Phi) is 43.0. The van der Waals surface area contributed by atoms with E-state index >= 15 is 0 Å². The van der Waals surface area contributed by atoms with Crippen molar-refractivity contribution in [2.75, 3.05) is 159 Å². The predicted molar refractivity (Wildman–Crippen MR) is 200 cm³/mol. The summed E-state index contributed by atoms with van der Waals surface area (Å²) in [6.07, 6.45) is 5.02. The summed E-state index contributed by atoms with van der Waals surface area (Å²) in [6, 6.07) is 0. The maximum atomic E-state index is 12.0. The Balaban J connectivity index is 3.16. The topological polar surface area (TPSA) is 191 Å². The Bertz CT molecular complexity index is 835. The normalized spacial score (nSPS) is 11.9. The van der Waals surface area contributed by atoms with Gasteiger partial charge in [-0.05, 0) is 25.7 Å². The fourth-order valence-electron chi connectivity index (χ4n) is 4.39. The van der Waals surface area contributed by atoms with E-state index < -0.39 is 5.97 Å². The number of hydrogen-bond acceptors (Lipinski definition) is 16. The minimum atomic E-state index is -0.866. The first kappa shape index (κ1) is 53.0. The van der Waals surface area contributed by atoms with Crippen molar-refractivity contribution in [1.29, 1.82) is 0 Å². The highest BCUT2D eigenvalue weighted by Gasteiger charge is 2.17. The molecule has 0 bridgehead atoms. The maximum Gasteiger partial charge on any atom is 0.308 e. The molecule has 0 amide bonds. The van der Waals surface area contributed by atoms with E-state index in [1.54, 1.807) is 0 Å². The SMILES string of the molecule is CCCCC(CC)C(=O)OCCOCCOCCOCCOCCOCCOCCOCCOCCOCCOCCOCCOC(=O)CCCCC(=O)O. The van der Waals surface area contributed by atoms with Gasteiger partial charge in [-0.1, -0.05) is 26.7 Å². The predicted octanol–water partition coefficient (Wildman–Crippen LogP) is 3.12. The molecule has 17 nitrogen and oxygen atoms in total. The number of carbonyl (C=O) groups is 3. The van der Waals surface area contributed by atoms with Gasteiger partial charge in [0, 0.05) is 12.8 Å². The fraction of sp³-hybridized carbons (Fsp3) is 0.921. The highest BCUT2D eigenvalue weighted by atomic mass is 16.6. The maximum absolute atomic E-state index is 12.0. The van der Waals surface area contributed by atoms with Crippen molar-refractivity contribution in [2.45, 2.75) is 65.2 Å². The summed E-state index contributed by atoms with van der Waals surface area (Å²) in [5.41, 5.74) is 0. The van der Waals surface area contributed by atoms with Crippen LogP contribution in [0.15, 0.2) is 0 Å². The van der Waals surface area contributed by atoms with Crippen molar-refractivity contribution in [3.8, 4) is 0 Å². The molecule has 0 aliphatic rings. The van der Waals surface area contributed by atoms with Crippen LogP contribution in [-0.2, 0) is 76.0 Å². The largest absolute Gasteiger partial charge is 0.481 e. The molecule has 0 aromatic rings. The van der Waals surface area contributed by atoms with Crippen molar-refractivity contribution < 1.29 is 81.1 Å². The first-order valence-electron chi connectivity index (χ1n) is 19.9. The third-order valence-corrected chi connectivity index (χ3v) is 7.44. The molecule has 326 valence electrons. The standard InChI is InChI=1S/C38H72O17/c1-3-5-8-35(4-2)38(42)55-34-32-53-30-28-51-26-24-49-22-20-47-18-16-45-14-12-43-11-13-44-15-17-46-19-21-48-23-25-50-27-29-52-31-33-54-37(41)10-7-6-9-36(39)40/h35H,3-34H2,1-2H3,(H,39,40). The first-order chi connectivity index (χ1) is 27.0. The van der Waals surface area contributed by atoms with Crippen LogP contribution in [0.3, 0.4) is 0 Å². The molecule has 0 aliphatic heterocycles. The molecule has 0 aromatic heterocycles. The molecular weight excluding hydrogens is 728 g/mol. The van der Waals surface area contributed by atoms with Crippen molar-refractivity contribution in [1.82, 2.24) is 0 Å². The number of carboxylic acids is 1. The van der Waals surface area contributed by atoms with Gasteiger partial charge in [0.25, 0.3) is 0 Å². The van der Waals surface area contributed by atoms with Gasteiger partial charge in [-0.3, -0.25) is 14.4 Å². The molecule has 0 spiro atoms. The lowest BCUT2D eigenvalue weighted by Gasteiger charge is -2.13. The van der Waals surface area contributed by atoms with E-state index in [2.05, 4.69) is 6.92 Å². The zero-order valence-electron chi connectivity index (χ0n) is 33.7. The number of carboxylic acid groups (broad SMARTS) is 1. The van der Waals surface area contributed by atoms with Gasteiger partial charge >= 0.3 is 17.9 Å². The summed E-state index contributed by atoms with van der Waals surface area (Å²) in [6.45, 7) is 14.4. The summed E-state index contributed by atoms with van der Waals surface area (Å²) < 4.78 is 70.3. The van der Waals surface area contributed by atoms with Crippen LogP contribution in [0.4, 0.5) is 0 Å². The van der Waals surface area contributed by atoms with Crippen LogP contribution in [0, 0.1) is 5.92 Å². The molecule has 0 saturated heterocycles. The van der Waals surface area contributed by atoms with E-state index in [4.69, 9.17) is 66.7 Å². The van der Waals surface area contributed by atoms with E-state index in [9.17, 15) is 14.4 Å². The van der Waals surface area contributed by atoms with E-state index in [0.29, 0.717) is 152 Å². The number of unbranched alkanes of at least 4 members (excludes halogenated alkanes) is 2. The molecule has 0 radical (unpaired) electrons. The summed E-state index contributed by atoms with van der Waals surface area (Å²) >= 11 is 0. The summed E-state index contributed by atoms with van der Waals surface area (Å²) in [4.78, 5) is 33.9. The van der Waals surface area contributed by atoms with Crippen molar-refractivity contribution in [3.63, 3.8) is 0 Å². The number of esters is 2. The lowest BCUT2D eigenvalue weighted by molar-refractivity contribution is -0.150. The molecule has 0 rings (SSSR count). The van der Waals surface area contributed by atoms with Gasteiger partial charge < -0.3 is 66.7 Å².